The number of halogens is 2. The van der Waals surface area contributed by atoms with Crippen molar-refractivity contribution in [2.75, 3.05) is 13.1 Å². The van der Waals surface area contributed by atoms with E-state index < -0.39 is 15.8 Å². The highest BCUT2D eigenvalue weighted by Gasteiger charge is 2.23. The van der Waals surface area contributed by atoms with Crippen LogP contribution < -0.4 is 10.0 Å². The summed E-state index contributed by atoms with van der Waals surface area (Å²) in [6.07, 6.45) is 2.79. The molecule has 4 nitrogen and oxygen atoms in total. The Balaban J connectivity index is 2.17. The van der Waals surface area contributed by atoms with Gasteiger partial charge in [-0.3, -0.25) is 0 Å². The van der Waals surface area contributed by atoms with Gasteiger partial charge in [-0.1, -0.05) is 18.0 Å². The van der Waals surface area contributed by atoms with Gasteiger partial charge in [0, 0.05) is 12.6 Å². The molecule has 2 N–H and O–H groups in total. The topological polar surface area (TPSA) is 58.2 Å². The van der Waals surface area contributed by atoms with Crippen molar-refractivity contribution in [3.05, 3.63) is 29.0 Å². The fourth-order valence-corrected chi connectivity index (χ4v) is 3.90. The molecule has 0 spiro atoms. The summed E-state index contributed by atoms with van der Waals surface area (Å²) in [5, 5.41) is 3.07. The molecule has 0 radical (unpaired) electrons. The van der Waals surface area contributed by atoms with Crippen molar-refractivity contribution >= 4 is 21.6 Å². The molecular weight excluding hydrogens is 291 g/mol. The van der Waals surface area contributed by atoms with Gasteiger partial charge in [-0.15, -0.1) is 0 Å². The maximum absolute atomic E-state index is 12.9. The average molecular weight is 307 g/mol. The van der Waals surface area contributed by atoms with Crippen LogP contribution in [-0.4, -0.2) is 27.5 Å². The molecule has 1 aromatic carbocycles. The molecule has 0 aromatic heterocycles. The molecule has 0 amide bonds. The molecule has 1 fully saturated rings. The highest BCUT2D eigenvalue weighted by atomic mass is 35.5. The summed E-state index contributed by atoms with van der Waals surface area (Å²) >= 11 is 5.79. The molecule has 1 aromatic rings. The first-order chi connectivity index (χ1) is 8.99. The summed E-state index contributed by atoms with van der Waals surface area (Å²) in [7, 11) is -3.71. The number of hydrogen-bond donors (Lipinski definition) is 2. The van der Waals surface area contributed by atoms with Crippen molar-refractivity contribution in [2.24, 2.45) is 0 Å². The Morgan fingerprint density at radius 3 is 2.89 bits per heavy atom. The minimum Gasteiger partial charge on any atom is -0.315 e. The van der Waals surface area contributed by atoms with Crippen molar-refractivity contribution in [3.8, 4) is 0 Å². The van der Waals surface area contributed by atoms with Gasteiger partial charge in [-0.2, -0.15) is 0 Å². The van der Waals surface area contributed by atoms with Gasteiger partial charge in [0.2, 0.25) is 10.0 Å². The summed E-state index contributed by atoms with van der Waals surface area (Å²) in [5.41, 5.74) is 0. The lowest BCUT2D eigenvalue weighted by molar-refractivity contribution is 0.521. The fraction of sp³-hybridized carbons (Fsp3) is 0.500. The molecule has 1 unspecified atom stereocenters. The number of sulfonamides is 1. The van der Waals surface area contributed by atoms with Gasteiger partial charge in [-0.05, 0) is 37.6 Å². The van der Waals surface area contributed by atoms with E-state index in [9.17, 15) is 12.8 Å². The van der Waals surface area contributed by atoms with Crippen molar-refractivity contribution in [2.45, 2.75) is 30.2 Å². The van der Waals surface area contributed by atoms with Crippen LogP contribution >= 0.6 is 11.6 Å². The molecule has 1 heterocycles. The van der Waals surface area contributed by atoms with E-state index >= 15 is 0 Å². The molecular formula is C12H16ClFN2O2S. The van der Waals surface area contributed by atoms with Gasteiger partial charge < -0.3 is 5.32 Å². The van der Waals surface area contributed by atoms with Crippen LogP contribution in [0.4, 0.5) is 4.39 Å². The second-order valence-corrected chi connectivity index (χ2v) is 6.68. The molecule has 19 heavy (non-hydrogen) atoms. The van der Waals surface area contributed by atoms with Gasteiger partial charge >= 0.3 is 0 Å². The van der Waals surface area contributed by atoms with Crippen LogP contribution in [0.1, 0.15) is 19.3 Å². The van der Waals surface area contributed by atoms with E-state index in [2.05, 4.69) is 10.0 Å². The smallest absolute Gasteiger partial charge is 0.242 e. The molecule has 7 heteroatoms. The van der Waals surface area contributed by atoms with E-state index in [1.165, 1.54) is 6.07 Å². The van der Waals surface area contributed by atoms with Crippen molar-refractivity contribution in [1.82, 2.24) is 10.0 Å². The number of hydrogen-bond acceptors (Lipinski definition) is 3. The van der Waals surface area contributed by atoms with E-state index in [-0.39, 0.29) is 16.0 Å². The van der Waals surface area contributed by atoms with Crippen LogP contribution in [0, 0.1) is 5.82 Å². The Morgan fingerprint density at radius 2 is 2.16 bits per heavy atom. The number of rotatable bonds is 3. The Morgan fingerprint density at radius 1 is 1.37 bits per heavy atom. The lowest BCUT2D eigenvalue weighted by Gasteiger charge is -2.17. The number of nitrogens with one attached hydrogen (secondary N) is 2. The van der Waals surface area contributed by atoms with Crippen LogP contribution in [0.5, 0.6) is 0 Å². The minimum absolute atomic E-state index is 0.0835. The van der Waals surface area contributed by atoms with Crippen LogP contribution in [0.15, 0.2) is 23.1 Å². The van der Waals surface area contributed by atoms with Crippen molar-refractivity contribution in [1.29, 1.82) is 0 Å². The van der Waals surface area contributed by atoms with Gasteiger partial charge in [-0.25, -0.2) is 17.5 Å². The first-order valence-corrected chi connectivity index (χ1v) is 8.03. The SMILES string of the molecule is O=S(=O)(NC1CCCCNC1)c1ccc(F)cc1Cl. The third-order valence-corrected chi connectivity index (χ3v) is 5.06. The van der Waals surface area contributed by atoms with E-state index in [4.69, 9.17) is 11.6 Å². The van der Waals surface area contributed by atoms with Crippen LogP contribution in [-0.2, 0) is 10.0 Å². The highest BCUT2D eigenvalue weighted by molar-refractivity contribution is 7.89. The molecule has 2 rings (SSSR count). The zero-order chi connectivity index (χ0) is 13.9. The molecule has 1 atom stereocenters. The molecule has 1 aliphatic rings. The first kappa shape index (κ1) is 14.7. The van der Waals surface area contributed by atoms with E-state index in [0.717, 1.165) is 37.9 Å². The predicted octanol–water partition coefficient (Wildman–Crippen LogP) is 1.90. The molecule has 1 saturated heterocycles. The predicted molar refractivity (Wildman–Crippen MR) is 72.2 cm³/mol. The van der Waals surface area contributed by atoms with Crippen molar-refractivity contribution < 1.29 is 12.8 Å². The Hall–Kier alpha value is -0.690. The van der Waals surface area contributed by atoms with Gasteiger partial charge in [0.25, 0.3) is 0 Å². The molecule has 0 saturated carbocycles. The number of benzene rings is 1. The largest absolute Gasteiger partial charge is 0.315 e. The van der Waals surface area contributed by atoms with Crippen LogP contribution in [0.25, 0.3) is 0 Å². The second kappa shape index (κ2) is 6.17. The summed E-state index contributed by atoms with van der Waals surface area (Å²) in [6, 6.07) is 3.12. The summed E-state index contributed by atoms with van der Waals surface area (Å²) in [6.45, 7) is 1.49. The van der Waals surface area contributed by atoms with Crippen LogP contribution in [0.3, 0.4) is 0 Å². The summed E-state index contributed by atoms with van der Waals surface area (Å²) < 4.78 is 40.0. The monoisotopic (exact) mass is 306 g/mol. The van der Waals surface area contributed by atoms with E-state index in [1.807, 2.05) is 0 Å². The fourth-order valence-electron chi connectivity index (χ4n) is 2.10. The summed E-state index contributed by atoms with van der Waals surface area (Å²) in [4.78, 5) is -0.0835. The zero-order valence-electron chi connectivity index (χ0n) is 10.3. The lowest BCUT2D eigenvalue weighted by atomic mass is 10.2. The summed E-state index contributed by atoms with van der Waals surface area (Å²) in [5.74, 6) is -0.555. The lowest BCUT2D eigenvalue weighted by Crippen LogP contribution is -2.40. The van der Waals surface area contributed by atoms with Gasteiger partial charge in [0.1, 0.15) is 10.7 Å². The quantitative estimate of drug-likeness (QED) is 0.897. The molecule has 0 aliphatic carbocycles. The standard InChI is InChI=1S/C12H16ClFN2O2S/c13-11-7-9(14)4-5-12(11)19(17,18)16-10-3-1-2-6-15-8-10/h4-5,7,10,15-16H,1-3,6,8H2. The molecule has 106 valence electrons. The Labute approximate surface area is 117 Å². The third kappa shape index (κ3) is 3.89. The Bertz CT molecular complexity index is 543. The minimum atomic E-state index is -3.71. The zero-order valence-corrected chi connectivity index (χ0v) is 11.9. The second-order valence-electron chi connectivity index (χ2n) is 4.59. The first-order valence-electron chi connectivity index (χ1n) is 6.17. The maximum Gasteiger partial charge on any atom is 0.242 e. The van der Waals surface area contributed by atoms with E-state index in [0.29, 0.717) is 6.54 Å². The maximum atomic E-state index is 12.9. The Kier molecular flexibility index (Phi) is 4.78. The average Bonchev–Trinajstić information content (AvgIpc) is 2.56. The van der Waals surface area contributed by atoms with Gasteiger partial charge in [0.05, 0.1) is 5.02 Å². The van der Waals surface area contributed by atoms with Gasteiger partial charge in [0.15, 0.2) is 0 Å². The third-order valence-electron chi connectivity index (χ3n) is 3.05. The normalized spacial score (nSPS) is 21.1. The highest BCUT2D eigenvalue weighted by Crippen LogP contribution is 2.22. The molecule has 1 aliphatic heterocycles. The molecule has 0 bridgehead atoms. The van der Waals surface area contributed by atoms with E-state index in [1.54, 1.807) is 0 Å². The van der Waals surface area contributed by atoms with Crippen molar-refractivity contribution in [3.63, 3.8) is 0 Å². The van der Waals surface area contributed by atoms with Crippen LogP contribution in [0.2, 0.25) is 5.02 Å².